The third kappa shape index (κ3) is 12.2. The van der Waals surface area contributed by atoms with E-state index in [1.165, 1.54) is 153 Å². The second-order valence-electron chi connectivity index (χ2n) is 10.5. The van der Waals surface area contributed by atoms with Crippen LogP contribution in [-0.4, -0.2) is 19.8 Å². The topological polar surface area (TPSA) is 6.48 Å². The van der Waals surface area contributed by atoms with Gasteiger partial charge in [-0.2, -0.15) is 0 Å². The Morgan fingerprint density at radius 1 is 0.455 bits per heavy atom. The number of nitrogens with zero attached hydrogens (tertiary/aromatic N) is 2. The van der Waals surface area contributed by atoms with Crippen molar-refractivity contribution in [3.05, 3.63) is 24.3 Å². The number of benzene rings is 1. The van der Waals surface area contributed by atoms with Crippen LogP contribution < -0.4 is 9.80 Å². The van der Waals surface area contributed by atoms with Gasteiger partial charge in [0.15, 0.2) is 0 Å². The minimum absolute atomic E-state index is 1.11. The summed E-state index contributed by atoms with van der Waals surface area (Å²) in [7, 11) is 0. The first-order valence-corrected chi connectivity index (χ1v) is 15.0. The van der Waals surface area contributed by atoms with Crippen molar-refractivity contribution >= 4 is 11.4 Å². The standard InChI is InChI=1S/C31H56N2/c1-3-5-7-9-11-13-15-17-19-23-27-32-29-33(31-26-22-21-25-30(31)32)28-24-20-18-16-14-12-10-8-6-4-2/h21-22,25-26H,3-20,23-24,27-29H2,1-2H3. The molecule has 1 aromatic rings. The molecule has 2 rings (SSSR count). The molecule has 0 spiro atoms. The minimum atomic E-state index is 1.11. The van der Waals surface area contributed by atoms with E-state index in [-0.39, 0.29) is 0 Å². The molecule has 33 heavy (non-hydrogen) atoms. The summed E-state index contributed by atoms with van der Waals surface area (Å²) in [4.78, 5) is 5.27. The lowest BCUT2D eigenvalue weighted by Gasteiger charge is -2.22. The molecule has 0 fully saturated rings. The van der Waals surface area contributed by atoms with E-state index in [0.29, 0.717) is 0 Å². The van der Waals surface area contributed by atoms with E-state index in [1.807, 2.05) is 0 Å². The first-order valence-electron chi connectivity index (χ1n) is 15.0. The van der Waals surface area contributed by atoms with E-state index in [4.69, 9.17) is 0 Å². The molecule has 0 aliphatic carbocycles. The average Bonchev–Trinajstić information content (AvgIpc) is 3.19. The van der Waals surface area contributed by atoms with Crippen molar-refractivity contribution < 1.29 is 0 Å². The zero-order chi connectivity index (χ0) is 23.4. The van der Waals surface area contributed by atoms with Crippen LogP contribution in [0.15, 0.2) is 24.3 Å². The van der Waals surface area contributed by atoms with E-state index in [9.17, 15) is 0 Å². The van der Waals surface area contributed by atoms with Gasteiger partial charge in [0.25, 0.3) is 0 Å². The molecule has 1 aliphatic heterocycles. The Labute approximate surface area is 207 Å². The highest BCUT2D eigenvalue weighted by Crippen LogP contribution is 2.36. The molecule has 0 unspecified atom stereocenters. The zero-order valence-electron chi connectivity index (χ0n) is 22.5. The Kier molecular flexibility index (Phi) is 16.3. The third-order valence-corrected chi connectivity index (χ3v) is 7.47. The summed E-state index contributed by atoms with van der Waals surface area (Å²) in [6.07, 6.45) is 28.4. The summed E-state index contributed by atoms with van der Waals surface area (Å²) in [5, 5.41) is 0. The molecule has 1 aromatic carbocycles. The monoisotopic (exact) mass is 456 g/mol. The van der Waals surface area contributed by atoms with Gasteiger partial charge in [0.2, 0.25) is 0 Å². The largest absolute Gasteiger partial charge is 0.352 e. The number of hydrogen-bond donors (Lipinski definition) is 0. The van der Waals surface area contributed by atoms with Gasteiger partial charge in [-0.05, 0) is 25.0 Å². The molecule has 1 heterocycles. The van der Waals surface area contributed by atoms with Gasteiger partial charge in [0.1, 0.15) is 0 Å². The van der Waals surface area contributed by atoms with Crippen molar-refractivity contribution in [1.82, 2.24) is 0 Å². The average molecular weight is 457 g/mol. The van der Waals surface area contributed by atoms with Crippen molar-refractivity contribution in [3.8, 4) is 0 Å². The Balaban J connectivity index is 1.53. The van der Waals surface area contributed by atoms with Crippen LogP contribution in [0.3, 0.4) is 0 Å². The van der Waals surface area contributed by atoms with Gasteiger partial charge in [-0.1, -0.05) is 142 Å². The van der Waals surface area contributed by atoms with Crippen molar-refractivity contribution in [1.29, 1.82) is 0 Å². The summed E-state index contributed by atoms with van der Waals surface area (Å²) in [6.45, 7) is 8.16. The fraction of sp³-hybridized carbons (Fsp3) is 0.806. The number of fused-ring (bicyclic) bond motifs is 1. The van der Waals surface area contributed by atoms with Crippen LogP contribution in [0.5, 0.6) is 0 Å². The first-order chi connectivity index (χ1) is 16.4. The molecule has 0 bridgehead atoms. The Morgan fingerprint density at radius 2 is 0.758 bits per heavy atom. The fourth-order valence-corrected chi connectivity index (χ4v) is 5.32. The van der Waals surface area contributed by atoms with Crippen molar-refractivity contribution in [3.63, 3.8) is 0 Å². The highest BCUT2D eigenvalue weighted by molar-refractivity contribution is 5.76. The maximum Gasteiger partial charge on any atom is 0.0904 e. The van der Waals surface area contributed by atoms with Crippen LogP contribution in [-0.2, 0) is 0 Å². The number of anilines is 2. The van der Waals surface area contributed by atoms with E-state index in [0.717, 1.165) is 6.67 Å². The first kappa shape index (κ1) is 28.1. The van der Waals surface area contributed by atoms with Crippen molar-refractivity contribution in [2.45, 2.75) is 142 Å². The molecule has 0 saturated carbocycles. The number of unbranched alkanes of at least 4 members (excludes halogenated alkanes) is 18. The summed E-state index contributed by atoms with van der Waals surface area (Å²) in [6, 6.07) is 9.11. The second-order valence-corrected chi connectivity index (χ2v) is 10.5. The summed E-state index contributed by atoms with van der Waals surface area (Å²) < 4.78 is 0. The summed E-state index contributed by atoms with van der Waals surface area (Å²) in [5.74, 6) is 0. The van der Waals surface area contributed by atoms with E-state index in [1.54, 1.807) is 0 Å². The molecule has 2 heteroatoms. The molecule has 1 aliphatic rings. The lowest BCUT2D eigenvalue weighted by atomic mass is 10.1. The SMILES string of the molecule is CCCCCCCCCCCCN1CN(CCCCCCCCCCCC)c2ccccc21. The van der Waals surface area contributed by atoms with Crippen molar-refractivity contribution in [2.24, 2.45) is 0 Å². The molecule has 0 radical (unpaired) electrons. The van der Waals surface area contributed by atoms with Crippen LogP contribution in [0.1, 0.15) is 142 Å². The van der Waals surface area contributed by atoms with Crippen LogP contribution in [0, 0.1) is 0 Å². The predicted octanol–water partition coefficient (Wildman–Crippen LogP) is 10.1. The quantitative estimate of drug-likeness (QED) is 0.160. The van der Waals surface area contributed by atoms with E-state index in [2.05, 4.69) is 47.9 Å². The van der Waals surface area contributed by atoms with Gasteiger partial charge >= 0.3 is 0 Å². The van der Waals surface area contributed by atoms with E-state index >= 15 is 0 Å². The maximum absolute atomic E-state index is 2.64. The van der Waals surface area contributed by atoms with Gasteiger partial charge in [-0.3, -0.25) is 0 Å². The number of para-hydroxylation sites is 2. The van der Waals surface area contributed by atoms with Crippen LogP contribution >= 0.6 is 0 Å². The van der Waals surface area contributed by atoms with Gasteiger partial charge in [0.05, 0.1) is 18.0 Å². The number of hydrogen-bond acceptors (Lipinski definition) is 2. The van der Waals surface area contributed by atoms with Gasteiger partial charge in [0, 0.05) is 13.1 Å². The van der Waals surface area contributed by atoms with Gasteiger partial charge < -0.3 is 9.80 Å². The summed E-state index contributed by atoms with van der Waals surface area (Å²) in [5.41, 5.74) is 2.95. The third-order valence-electron chi connectivity index (χ3n) is 7.47. The molecule has 0 atom stereocenters. The normalized spacial score (nSPS) is 13.2. The zero-order valence-corrected chi connectivity index (χ0v) is 22.5. The number of rotatable bonds is 22. The van der Waals surface area contributed by atoms with Crippen LogP contribution in [0.2, 0.25) is 0 Å². The van der Waals surface area contributed by atoms with Crippen molar-refractivity contribution in [2.75, 3.05) is 29.6 Å². The second kappa shape index (κ2) is 19.2. The molecular weight excluding hydrogens is 400 g/mol. The highest BCUT2D eigenvalue weighted by Gasteiger charge is 2.24. The maximum atomic E-state index is 2.64. The molecule has 0 aromatic heterocycles. The molecule has 2 nitrogen and oxygen atoms in total. The van der Waals surface area contributed by atoms with Gasteiger partial charge in [-0.25, -0.2) is 0 Å². The predicted molar refractivity (Wildman–Crippen MR) is 150 cm³/mol. The highest BCUT2D eigenvalue weighted by atomic mass is 15.4. The molecule has 190 valence electrons. The lowest BCUT2D eigenvalue weighted by Crippen LogP contribution is -2.32. The van der Waals surface area contributed by atoms with Gasteiger partial charge in [-0.15, -0.1) is 0 Å². The fourth-order valence-electron chi connectivity index (χ4n) is 5.32. The Bertz CT molecular complexity index is 521. The molecule has 0 amide bonds. The Morgan fingerprint density at radius 3 is 1.09 bits per heavy atom. The summed E-state index contributed by atoms with van der Waals surface area (Å²) >= 11 is 0. The minimum Gasteiger partial charge on any atom is -0.352 e. The van der Waals surface area contributed by atoms with Crippen LogP contribution in [0.25, 0.3) is 0 Å². The smallest absolute Gasteiger partial charge is 0.0904 e. The molecule has 0 N–H and O–H groups in total. The molecule has 0 saturated heterocycles. The molecular formula is C31H56N2. The van der Waals surface area contributed by atoms with E-state index < -0.39 is 0 Å². The van der Waals surface area contributed by atoms with Crippen LogP contribution in [0.4, 0.5) is 11.4 Å². The Hall–Kier alpha value is -1.18. The lowest BCUT2D eigenvalue weighted by molar-refractivity contribution is 0.550.